The van der Waals surface area contributed by atoms with Gasteiger partial charge in [-0.1, -0.05) is 36.9 Å². The van der Waals surface area contributed by atoms with Gasteiger partial charge in [0.15, 0.2) is 0 Å². The number of amides is 2. The summed E-state index contributed by atoms with van der Waals surface area (Å²) in [5.41, 5.74) is 3.16. The predicted molar refractivity (Wildman–Crippen MR) is 104 cm³/mol. The van der Waals surface area contributed by atoms with Crippen LogP contribution in [0.3, 0.4) is 0 Å². The Balaban J connectivity index is 1.48. The molecular formula is C20H22N2O4S. The van der Waals surface area contributed by atoms with Gasteiger partial charge in [-0.15, -0.1) is 0 Å². The van der Waals surface area contributed by atoms with Crippen LogP contribution in [0.1, 0.15) is 23.7 Å². The molecule has 1 atom stereocenters. The lowest BCUT2D eigenvalue weighted by atomic mass is 10.1. The molecule has 1 aliphatic rings. The maximum atomic E-state index is 12.0. The van der Waals surface area contributed by atoms with Crippen LogP contribution < -0.4 is 4.74 Å². The first-order valence-corrected chi connectivity index (χ1v) is 9.77. The molecule has 0 spiro atoms. The molecule has 2 heterocycles. The van der Waals surface area contributed by atoms with Gasteiger partial charge in [0.05, 0.1) is 11.9 Å². The molecule has 1 aliphatic heterocycles. The van der Waals surface area contributed by atoms with Gasteiger partial charge in [-0.2, -0.15) is 0 Å². The van der Waals surface area contributed by atoms with E-state index < -0.39 is 17.2 Å². The van der Waals surface area contributed by atoms with Gasteiger partial charge in [-0.3, -0.25) is 14.6 Å². The number of carbonyl (C=O) groups is 2. The van der Waals surface area contributed by atoms with Gasteiger partial charge in [-0.05, 0) is 42.2 Å². The summed E-state index contributed by atoms with van der Waals surface area (Å²) in [4.78, 5) is 28.9. The SMILES string of the molecule is CCc1ccc(CCOc2ccc(CC3SC(=O)N(CO)C3=O)cc2)nc1. The van der Waals surface area contributed by atoms with E-state index in [1.807, 2.05) is 36.5 Å². The van der Waals surface area contributed by atoms with Crippen LogP contribution in [-0.2, 0) is 24.1 Å². The second-order valence-corrected chi connectivity index (χ2v) is 7.39. The van der Waals surface area contributed by atoms with Gasteiger partial charge in [0, 0.05) is 18.3 Å². The molecule has 1 aromatic heterocycles. The molecule has 0 aliphatic carbocycles. The number of aliphatic hydroxyl groups excluding tert-OH is 1. The van der Waals surface area contributed by atoms with E-state index in [-0.39, 0.29) is 5.91 Å². The Hall–Kier alpha value is -2.38. The maximum absolute atomic E-state index is 12.0. The van der Waals surface area contributed by atoms with Gasteiger partial charge in [0.25, 0.3) is 5.24 Å². The Labute approximate surface area is 162 Å². The van der Waals surface area contributed by atoms with E-state index in [2.05, 4.69) is 18.0 Å². The Bertz CT molecular complexity index is 793. The topological polar surface area (TPSA) is 79.7 Å². The van der Waals surface area contributed by atoms with Crippen molar-refractivity contribution in [2.24, 2.45) is 0 Å². The number of rotatable bonds is 8. The van der Waals surface area contributed by atoms with E-state index in [4.69, 9.17) is 9.84 Å². The fourth-order valence-electron chi connectivity index (χ4n) is 2.78. The minimum Gasteiger partial charge on any atom is -0.493 e. The average molecular weight is 386 g/mol. The maximum Gasteiger partial charge on any atom is 0.290 e. The smallest absolute Gasteiger partial charge is 0.290 e. The van der Waals surface area contributed by atoms with Crippen LogP contribution >= 0.6 is 11.8 Å². The highest BCUT2D eigenvalue weighted by Gasteiger charge is 2.38. The molecule has 1 aromatic carbocycles. The third kappa shape index (κ3) is 4.87. The number of aromatic nitrogens is 1. The summed E-state index contributed by atoms with van der Waals surface area (Å²) in [7, 11) is 0. The summed E-state index contributed by atoms with van der Waals surface area (Å²) in [6, 6.07) is 11.6. The largest absolute Gasteiger partial charge is 0.493 e. The number of nitrogens with zero attached hydrogens (tertiary/aromatic N) is 2. The number of ether oxygens (including phenoxy) is 1. The monoisotopic (exact) mass is 386 g/mol. The highest BCUT2D eigenvalue weighted by atomic mass is 32.2. The zero-order valence-electron chi connectivity index (χ0n) is 15.1. The van der Waals surface area contributed by atoms with Crippen LogP contribution in [0.2, 0.25) is 0 Å². The number of carbonyl (C=O) groups excluding carboxylic acids is 2. The molecule has 27 heavy (non-hydrogen) atoms. The molecular weight excluding hydrogens is 364 g/mol. The van der Waals surface area contributed by atoms with Gasteiger partial charge >= 0.3 is 0 Å². The zero-order chi connectivity index (χ0) is 19.2. The fraction of sp³-hybridized carbons (Fsp3) is 0.350. The number of benzene rings is 1. The Morgan fingerprint density at radius 3 is 2.48 bits per heavy atom. The van der Waals surface area contributed by atoms with Crippen molar-refractivity contribution in [3.05, 3.63) is 59.4 Å². The van der Waals surface area contributed by atoms with Gasteiger partial charge in [0.1, 0.15) is 12.5 Å². The van der Waals surface area contributed by atoms with Crippen molar-refractivity contribution in [1.29, 1.82) is 0 Å². The normalized spacial score (nSPS) is 16.8. The molecule has 6 nitrogen and oxygen atoms in total. The minimum atomic E-state index is -0.566. The van der Waals surface area contributed by atoms with Gasteiger partial charge in [-0.25, -0.2) is 4.90 Å². The van der Waals surface area contributed by atoms with E-state index >= 15 is 0 Å². The molecule has 1 unspecified atom stereocenters. The molecule has 1 saturated heterocycles. The van der Waals surface area contributed by atoms with Crippen molar-refractivity contribution in [1.82, 2.24) is 9.88 Å². The highest BCUT2D eigenvalue weighted by Crippen LogP contribution is 2.29. The number of hydrogen-bond acceptors (Lipinski definition) is 6. The van der Waals surface area contributed by atoms with Gasteiger partial charge < -0.3 is 9.84 Å². The van der Waals surface area contributed by atoms with Crippen LogP contribution in [0.5, 0.6) is 5.75 Å². The van der Waals surface area contributed by atoms with Crippen LogP contribution in [0.4, 0.5) is 4.79 Å². The second-order valence-electron chi connectivity index (χ2n) is 6.24. The van der Waals surface area contributed by atoms with Crippen molar-refractivity contribution in [2.75, 3.05) is 13.3 Å². The second kappa shape index (κ2) is 9.01. The average Bonchev–Trinajstić information content (AvgIpc) is 2.96. The summed E-state index contributed by atoms with van der Waals surface area (Å²) in [6.45, 7) is 2.07. The minimum absolute atomic E-state index is 0.339. The summed E-state index contributed by atoms with van der Waals surface area (Å²) in [5, 5.41) is 8.19. The van der Waals surface area contributed by atoms with E-state index in [0.717, 1.165) is 46.5 Å². The van der Waals surface area contributed by atoms with E-state index in [9.17, 15) is 9.59 Å². The van der Waals surface area contributed by atoms with Crippen molar-refractivity contribution < 1.29 is 19.4 Å². The van der Waals surface area contributed by atoms with Gasteiger partial charge in [0.2, 0.25) is 5.91 Å². The number of imide groups is 1. The molecule has 2 amide bonds. The number of aryl methyl sites for hydroxylation is 1. The summed E-state index contributed by atoms with van der Waals surface area (Å²) < 4.78 is 5.76. The van der Waals surface area contributed by atoms with E-state index in [0.29, 0.717) is 13.0 Å². The van der Waals surface area contributed by atoms with Crippen LogP contribution in [-0.4, -0.2) is 44.7 Å². The number of aliphatic hydroxyl groups is 1. The highest BCUT2D eigenvalue weighted by molar-refractivity contribution is 8.15. The van der Waals surface area contributed by atoms with Crippen molar-refractivity contribution in [2.45, 2.75) is 31.4 Å². The predicted octanol–water partition coefficient (Wildman–Crippen LogP) is 2.82. The lowest BCUT2D eigenvalue weighted by molar-refractivity contribution is -0.129. The quantitative estimate of drug-likeness (QED) is 0.752. The van der Waals surface area contributed by atoms with Crippen molar-refractivity contribution in [3.8, 4) is 5.75 Å². The molecule has 7 heteroatoms. The lowest BCUT2D eigenvalue weighted by Gasteiger charge is -2.10. The number of hydrogen-bond donors (Lipinski definition) is 1. The zero-order valence-corrected chi connectivity index (χ0v) is 15.9. The molecule has 1 fully saturated rings. The first-order chi connectivity index (χ1) is 13.1. The first kappa shape index (κ1) is 19.4. The summed E-state index contributed by atoms with van der Waals surface area (Å²) in [6.07, 6.45) is 4.06. The Morgan fingerprint density at radius 1 is 1.15 bits per heavy atom. The third-order valence-corrected chi connectivity index (χ3v) is 5.49. The van der Waals surface area contributed by atoms with Crippen LogP contribution in [0.15, 0.2) is 42.6 Å². The van der Waals surface area contributed by atoms with Crippen LogP contribution in [0.25, 0.3) is 0 Å². The molecule has 1 N–H and O–H groups in total. The molecule has 0 bridgehead atoms. The summed E-state index contributed by atoms with van der Waals surface area (Å²) in [5.74, 6) is 0.414. The van der Waals surface area contributed by atoms with Crippen molar-refractivity contribution in [3.63, 3.8) is 0 Å². The lowest BCUT2D eigenvalue weighted by Crippen LogP contribution is -2.32. The summed E-state index contributed by atoms with van der Waals surface area (Å²) >= 11 is 0.959. The number of pyridine rings is 1. The Kier molecular flexibility index (Phi) is 6.47. The van der Waals surface area contributed by atoms with E-state index in [1.165, 1.54) is 5.56 Å². The molecule has 0 radical (unpaired) electrons. The molecule has 142 valence electrons. The molecule has 2 aromatic rings. The standard InChI is InChI=1S/C20H22N2O4S/c1-2-14-3-6-16(21-12-14)9-10-26-17-7-4-15(5-8-17)11-18-19(24)22(13-23)20(25)27-18/h3-8,12,18,23H,2,9-11,13H2,1H3. The third-order valence-electron chi connectivity index (χ3n) is 4.41. The fourth-order valence-corrected chi connectivity index (χ4v) is 3.80. The van der Waals surface area contributed by atoms with E-state index in [1.54, 1.807) is 0 Å². The van der Waals surface area contributed by atoms with Crippen LogP contribution in [0, 0.1) is 0 Å². The molecule has 3 rings (SSSR count). The Morgan fingerprint density at radius 2 is 1.89 bits per heavy atom. The van der Waals surface area contributed by atoms with Crippen molar-refractivity contribution >= 4 is 22.9 Å². The first-order valence-electron chi connectivity index (χ1n) is 8.89. The number of thioether (sulfide) groups is 1. The molecule has 0 saturated carbocycles.